The molecule has 52 heteroatoms. The summed E-state index contributed by atoms with van der Waals surface area (Å²) in [4.78, 5) is 67.3. The second-order valence-corrected chi connectivity index (χ2v) is 39.7. The first-order valence-electron chi connectivity index (χ1n) is 45.9. The van der Waals surface area contributed by atoms with E-state index in [1.165, 1.54) is 123 Å². The predicted octanol–water partition coefficient (Wildman–Crippen LogP) is 12.4. The molecule has 3 aliphatic carbocycles. The largest absolute Gasteiger partial charge is 1.00 e. The van der Waals surface area contributed by atoms with Gasteiger partial charge in [-0.25, -0.2) is 41.5 Å². The van der Waals surface area contributed by atoms with E-state index in [0.29, 0.717) is 102 Å². The predicted molar refractivity (Wildman–Crippen MR) is 515 cm³/mol. The molecule has 0 radical (unpaired) electrons. The number of alkyl halides is 10. The molecule has 4 atom stereocenters. The van der Waals surface area contributed by atoms with E-state index in [1.54, 1.807) is 33.4 Å². The lowest BCUT2D eigenvalue weighted by molar-refractivity contribution is -0.00209. The van der Waals surface area contributed by atoms with Crippen molar-refractivity contribution in [2.24, 2.45) is 0 Å². The van der Waals surface area contributed by atoms with E-state index in [4.69, 9.17) is 61.0 Å². The molecule has 4 amide bonds. The minimum absolute atomic E-state index is 0. The maximum atomic E-state index is 14.4. The molecule has 1 saturated heterocycles. The van der Waals surface area contributed by atoms with Crippen LogP contribution in [-0.4, -0.2) is 238 Å². The zero-order valence-electron chi connectivity index (χ0n) is 80.8. The number of hydrogen-bond acceptors (Lipinski definition) is 27. The number of pyridine rings is 4. The molecule has 0 bridgehead atoms. The smallest absolute Gasteiger partial charge is 0.514 e. The zero-order valence-corrected chi connectivity index (χ0v) is 86.0. The van der Waals surface area contributed by atoms with Gasteiger partial charge in [0.15, 0.2) is 0 Å². The molecule has 0 unspecified atom stereocenters. The van der Waals surface area contributed by atoms with Gasteiger partial charge in [-0.1, -0.05) is 46.4 Å². The summed E-state index contributed by atoms with van der Waals surface area (Å²) in [6.07, 6.45) is 14.3. The molecule has 11 aromatic heterocycles. The molecule has 145 heavy (non-hydrogen) atoms. The van der Waals surface area contributed by atoms with Crippen LogP contribution in [0.5, 0.6) is 0 Å². The second kappa shape index (κ2) is 49.9. The Bertz CT molecular complexity index is 6160. The summed E-state index contributed by atoms with van der Waals surface area (Å²) in [5, 5.41) is 108. The van der Waals surface area contributed by atoms with Gasteiger partial charge in [0.2, 0.25) is 0 Å². The van der Waals surface area contributed by atoms with E-state index in [2.05, 4.69) is 110 Å². The van der Waals surface area contributed by atoms with Gasteiger partial charge >= 0.3 is 26.8 Å². The van der Waals surface area contributed by atoms with Crippen molar-refractivity contribution in [3.05, 3.63) is 187 Å². The Morgan fingerprint density at radius 2 is 0.724 bits per heavy atom. The highest BCUT2D eigenvalue weighted by Crippen LogP contribution is 2.41. The summed E-state index contributed by atoms with van der Waals surface area (Å²) >= 11 is 23.4. The standard InChI is InChI=1S/C28H30F3N9O2.2C20H26ClF3N6O2.C14H16BN3O2.C11H13Cl2FN2O2.HI/c1-28(2,42)25(29)15-34-26(41)20-13-33-22(24-8-7-19-9-16(11-32)12-35-39(19)24)10-21(20)37-18-5-3-17(4-6-18)23-14-36-40(38-23)27(30)31;2*1-20(2,32)16(22)10-26-18(31)13-8-25-17(21)7-14(13)28-12-5-3-11(4-6-12)15-9-27-30(29-15)19(23)24;1-13(2)14(3,4)20-15(19-13)12-6-5-11-7-10(8-16)9-17-18(11)12;1-11(2,18)8(14)5-16-10(17)6-4-15-9(13)3-7(6)12;/h7-10,12-14,17-18,25,27,42H,3-6,15H2,1-2H3,(H,33,37)(H,34,41);2*7-9,11-12,16,19,32H,3-6,10H2,1-2H3,(H,25,28)(H,26,31);5-7,9H,1-4H3;3-4,8,18H,5H2,1-2H3,(H,16,17);1H/p-1/t17?,18?,25-;2*11?,12?,16-;;8-;/m111.1./s1. The van der Waals surface area contributed by atoms with Crippen molar-refractivity contribution in [2.75, 3.05) is 42.1 Å². The number of rotatable bonds is 30. The Morgan fingerprint density at radius 1 is 0.421 bits per heavy atom. The van der Waals surface area contributed by atoms with E-state index >= 15 is 0 Å². The fourth-order valence-electron chi connectivity index (χ4n) is 15.5. The van der Waals surface area contributed by atoms with Crippen molar-refractivity contribution in [2.45, 2.75) is 274 Å². The number of carbonyl (C=O) groups is 4. The lowest BCUT2D eigenvalue weighted by Gasteiger charge is -2.32. The van der Waals surface area contributed by atoms with Crippen molar-refractivity contribution in [1.29, 1.82) is 10.5 Å². The molecular formula is C93H111BCl4F10IN26O10-. The lowest BCUT2D eigenvalue weighted by Crippen LogP contribution is -3.00. The number of fused-ring (bicyclic) bond motifs is 2. The molecule has 0 aromatic carbocycles. The molecule has 4 fully saturated rings. The Kier molecular flexibility index (Phi) is 39.8. The van der Waals surface area contributed by atoms with Crippen LogP contribution in [0, 0.1) is 22.7 Å². The Morgan fingerprint density at radius 3 is 1.05 bits per heavy atom. The van der Waals surface area contributed by atoms with Gasteiger partial charge in [-0.05, 0) is 221 Å². The third-order valence-electron chi connectivity index (χ3n) is 24.9. The molecule has 4 aliphatic rings. The van der Waals surface area contributed by atoms with Crippen molar-refractivity contribution in [1.82, 2.24) is 105 Å². The first-order chi connectivity index (χ1) is 67.7. The zero-order chi connectivity index (χ0) is 105. The van der Waals surface area contributed by atoms with E-state index in [1.807, 2.05) is 52.0 Å². The van der Waals surface area contributed by atoms with Gasteiger partial charge in [0.25, 0.3) is 23.6 Å². The highest BCUT2D eigenvalue weighted by atomic mass is 127. The minimum atomic E-state index is -2.79. The van der Waals surface area contributed by atoms with Gasteiger partial charge in [-0.15, -0.1) is 14.4 Å². The average molecular weight is 2220 g/mol. The molecule has 11 aromatic rings. The van der Waals surface area contributed by atoms with Gasteiger partial charge < -0.3 is 90.9 Å². The van der Waals surface area contributed by atoms with Crippen LogP contribution in [0.1, 0.15) is 267 Å². The summed E-state index contributed by atoms with van der Waals surface area (Å²) in [7, 11) is -0.456. The van der Waals surface area contributed by atoms with E-state index in [9.17, 15) is 88.8 Å². The van der Waals surface area contributed by atoms with Crippen LogP contribution in [-0.2, 0) is 9.31 Å². The van der Waals surface area contributed by atoms with Crippen molar-refractivity contribution in [3.63, 3.8) is 0 Å². The van der Waals surface area contributed by atoms with E-state index < -0.39 is 97.5 Å². The molecule has 15 rings (SSSR count). The second-order valence-electron chi connectivity index (χ2n) is 38.2. The van der Waals surface area contributed by atoms with Crippen LogP contribution in [0.15, 0.2) is 116 Å². The molecule has 782 valence electrons. The van der Waals surface area contributed by atoms with Crippen LogP contribution in [0.25, 0.3) is 22.4 Å². The summed E-state index contributed by atoms with van der Waals surface area (Å²) in [5.41, 5.74) is 1.19. The van der Waals surface area contributed by atoms with Crippen molar-refractivity contribution in [3.8, 4) is 23.5 Å². The van der Waals surface area contributed by atoms with Crippen LogP contribution in [0.4, 0.5) is 61.0 Å². The molecule has 12 heterocycles. The molecule has 36 nitrogen and oxygen atoms in total. The number of aliphatic hydroxyl groups is 4. The average Bonchev–Trinajstić information content (AvgIpc) is 1.60. The van der Waals surface area contributed by atoms with Crippen molar-refractivity contribution < 1.29 is 117 Å². The van der Waals surface area contributed by atoms with E-state index in [-0.39, 0.29) is 140 Å². The SMILES string of the molecule is CC(C)(O)[C@H](F)CNC(=O)c1cnc(-c2ccc3cc(C#N)cnn23)cc1NC1CCC(c2cnn(C(F)F)n2)CC1.CC(C)(O)[C@H](F)CNC(=O)c1cnc(Cl)cc1Cl.CC(C)(O)[C@H](F)CNC(=O)c1cnc(Cl)cc1NC1CCC(c2cnn(C(F)F)n2)CC1.CC(C)(O)[C@H](F)CNC(=O)c1cnc(Cl)cc1NC1CCC(c2cnn(C(F)F)n2)CC1.CC1(C)OB(c2ccc3cc(C#N)cnn23)OC1(C)C.[I-]. The summed E-state index contributed by atoms with van der Waals surface area (Å²) in [6.45, 7) is 8.93. The van der Waals surface area contributed by atoms with Crippen molar-refractivity contribution >= 4 is 111 Å². The number of carbonyl (C=O) groups excluding carboxylic acids is 4. The highest BCUT2D eigenvalue weighted by molar-refractivity contribution is 6.61. The third-order valence-corrected chi connectivity index (χ3v) is 25.9. The number of nitrogens with zero attached hydrogens (tertiary/aromatic N) is 19. The number of halogens is 15. The van der Waals surface area contributed by atoms with Gasteiger partial charge in [0.05, 0.1) is 191 Å². The fraction of sp³-hybridized carbons (Fsp3) is 0.505. The Balaban J connectivity index is 0.000000191. The summed E-state index contributed by atoms with van der Waals surface area (Å²) in [5.74, 6) is -2.15. The first-order valence-corrected chi connectivity index (χ1v) is 47.4. The van der Waals surface area contributed by atoms with Crippen LogP contribution >= 0.6 is 46.4 Å². The number of anilines is 3. The van der Waals surface area contributed by atoms with Gasteiger partial charge in [0, 0.05) is 60.7 Å². The van der Waals surface area contributed by atoms with Crippen LogP contribution in [0.3, 0.4) is 0 Å². The highest BCUT2D eigenvalue weighted by Gasteiger charge is 2.53. The lowest BCUT2D eigenvalue weighted by atomic mass is 9.84. The quantitative estimate of drug-likeness (QED) is 0.00862. The van der Waals surface area contributed by atoms with Gasteiger partial charge in [-0.3, -0.25) is 24.2 Å². The summed E-state index contributed by atoms with van der Waals surface area (Å²) in [6, 6.07) is 21.2. The van der Waals surface area contributed by atoms with E-state index in [0.717, 1.165) is 62.5 Å². The number of nitrogens with one attached hydrogen (secondary N) is 7. The molecule has 11 N–H and O–H groups in total. The van der Waals surface area contributed by atoms with Gasteiger partial charge in [0.1, 0.15) is 52.3 Å². The molecule has 1 aliphatic heterocycles. The number of amides is 4. The Labute approximate surface area is 865 Å². The number of hydrogen-bond donors (Lipinski definition) is 11. The minimum Gasteiger partial charge on any atom is -1.00 e. The maximum absolute atomic E-state index is 14.4. The number of aromatic nitrogens is 17. The topological polar surface area (TPSA) is 478 Å². The first kappa shape index (κ1) is 116. The Hall–Kier alpha value is -11.3. The summed E-state index contributed by atoms with van der Waals surface area (Å²) < 4.78 is 148. The van der Waals surface area contributed by atoms with Crippen LogP contribution < -0.4 is 66.8 Å². The normalized spacial score (nSPS) is 18.6. The van der Waals surface area contributed by atoms with Crippen LogP contribution in [0.2, 0.25) is 20.5 Å². The maximum Gasteiger partial charge on any atom is 0.514 e. The number of nitriles is 2. The molecule has 0 spiro atoms. The monoisotopic (exact) mass is 2220 g/mol. The van der Waals surface area contributed by atoms with Gasteiger partial charge in [-0.2, -0.15) is 77.7 Å². The fourth-order valence-corrected chi connectivity index (χ4v) is 16.3. The molecular weight excluding hydrogens is 2110 g/mol. The third kappa shape index (κ3) is 31.4. The molecule has 3 saturated carbocycles.